The average Bonchev–Trinajstić information content (AvgIpc) is 2.66. The largest absolute Gasteiger partial charge is 0.283 e. The average molecular weight is 409 g/mol. The smallest absolute Gasteiger partial charge is 0.264 e. The molecule has 146 valence electrons. The van der Waals surface area contributed by atoms with Gasteiger partial charge in [0, 0.05) is 6.54 Å². The number of hydrogen-bond donors (Lipinski definition) is 1. The van der Waals surface area contributed by atoms with Gasteiger partial charge in [0.2, 0.25) is 10.0 Å². The molecule has 0 bridgehead atoms. The van der Waals surface area contributed by atoms with Crippen LogP contribution in [0.25, 0.3) is 0 Å². The second-order valence-electron chi connectivity index (χ2n) is 6.61. The third kappa shape index (κ3) is 4.44. The maximum atomic E-state index is 13.1. The van der Waals surface area contributed by atoms with Crippen molar-refractivity contribution >= 4 is 31.4 Å². The van der Waals surface area contributed by atoms with Crippen LogP contribution in [0.15, 0.2) is 53.4 Å². The summed E-state index contributed by atoms with van der Waals surface area (Å²) in [6.07, 6.45) is 2.85. The van der Waals surface area contributed by atoms with Gasteiger partial charge >= 0.3 is 0 Å². The van der Waals surface area contributed by atoms with Gasteiger partial charge in [0.25, 0.3) is 10.0 Å². The van der Waals surface area contributed by atoms with Gasteiger partial charge in [-0.3, -0.25) is 9.03 Å². The molecule has 2 aromatic carbocycles. The van der Waals surface area contributed by atoms with E-state index in [4.69, 9.17) is 0 Å². The fourth-order valence-corrected chi connectivity index (χ4v) is 5.95. The lowest BCUT2D eigenvalue weighted by Crippen LogP contribution is -2.35. The number of benzene rings is 2. The summed E-state index contributed by atoms with van der Waals surface area (Å²) in [6, 6.07) is 13.4. The molecule has 8 heteroatoms. The van der Waals surface area contributed by atoms with Crippen LogP contribution in [0.5, 0.6) is 0 Å². The van der Waals surface area contributed by atoms with E-state index in [0.29, 0.717) is 24.3 Å². The van der Waals surface area contributed by atoms with Gasteiger partial charge in [-0.25, -0.2) is 16.8 Å². The molecule has 0 unspecified atom stereocenters. The Morgan fingerprint density at radius 2 is 1.78 bits per heavy atom. The highest BCUT2D eigenvalue weighted by molar-refractivity contribution is 7.93. The maximum Gasteiger partial charge on any atom is 0.264 e. The van der Waals surface area contributed by atoms with Crippen molar-refractivity contribution in [2.45, 2.75) is 37.5 Å². The number of aryl methyl sites for hydroxylation is 1. The van der Waals surface area contributed by atoms with Gasteiger partial charge in [0.15, 0.2) is 0 Å². The summed E-state index contributed by atoms with van der Waals surface area (Å²) in [5.41, 5.74) is 1.83. The molecular weight excluding hydrogens is 384 g/mol. The minimum absolute atomic E-state index is 0.0482. The summed E-state index contributed by atoms with van der Waals surface area (Å²) in [4.78, 5) is 0.228. The maximum absolute atomic E-state index is 13.1. The van der Waals surface area contributed by atoms with Crippen LogP contribution in [0, 0.1) is 0 Å². The highest BCUT2D eigenvalue weighted by atomic mass is 32.2. The Morgan fingerprint density at radius 3 is 2.48 bits per heavy atom. The number of anilines is 2. The zero-order valence-corrected chi connectivity index (χ0v) is 16.9. The second-order valence-corrected chi connectivity index (χ2v) is 10.3. The summed E-state index contributed by atoms with van der Waals surface area (Å²) in [6.45, 7) is 2.30. The SMILES string of the molecule is CCCCS(=O)(=O)Nc1ccc2c(c1)N(S(=O)(=O)c1ccccc1)CCC2. The van der Waals surface area contributed by atoms with Crippen LogP contribution in [0.1, 0.15) is 31.7 Å². The molecule has 0 fully saturated rings. The van der Waals surface area contributed by atoms with Crippen molar-refractivity contribution in [3.05, 3.63) is 54.1 Å². The molecule has 3 rings (SSSR count). The number of unbranched alkanes of at least 4 members (excludes halogenated alkanes) is 1. The quantitative estimate of drug-likeness (QED) is 0.761. The molecule has 0 amide bonds. The molecule has 1 aliphatic rings. The Hall–Kier alpha value is -2.06. The Kier molecular flexibility index (Phi) is 5.76. The molecule has 1 heterocycles. The van der Waals surface area contributed by atoms with Crippen LogP contribution in [-0.4, -0.2) is 29.1 Å². The van der Waals surface area contributed by atoms with Crippen molar-refractivity contribution in [2.75, 3.05) is 21.3 Å². The Balaban J connectivity index is 1.95. The van der Waals surface area contributed by atoms with Crippen molar-refractivity contribution in [3.8, 4) is 0 Å². The van der Waals surface area contributed by atoms with E-state index >= 15 is 0 Å². The molecule has 0 radical (unpaired) electrons. The standard InChI is InChI=1S/C19H24N2O4S2/c1-2-3-14-26(22,23)20-17-12-11-16-8-7-13-21(19(16)15-17)27(24,25)18-9-5-4-6-10-18/h4-6,9-12,15,20H,2-3,7-8,13-14H2,1H3. The van der Waals surface area contributed by atoms with Gasteiger partial charge in [-0.05, 0) is 49.1 Å². The lowest BCUT2D eigenvalue weighted by Gasteiger charge is -2.31. The van der Waals surface area contributed by atoms with Crippen LogP contribution < -0.4 is 9.03 Å². The third-order valence-electron chi connectivity index (χ3n) is 4.53. The predicted molar refractivity (Wildman–Crippen MR) is 108 cm³/mol. The lowest BCUT2D eigenvalue weighted by molar-refractivity contribution is 0.586. The molecule has 0 spiro atoms. The van der Waals surface area contributed by atoms with Crippen LogP contribution >= 0.6 is 0 Å². The van der Waals surface area contributed by atoms with Crippen LogP contribution in [0.4, 0.5) is 11.4 Å². The molecule has 0 saturated heterocycles. The fourth-order valence-electron chi connectivity index (χ4n) is 3.14. The summed E-state index contributed by atoms with van der Waals surface area (Å²) in [7, 11) is -7.14. The van der Waals surface area contributed by atoms with Gasteiger partial charge < -0.3 is 0 Å². The van der Waals surface area contributed by atoms with E-state index in [-0.39, 0.29) is 10.6 Å². The van der Waals surface area contributed by atoms with E-state index in [2.05, 4.69) is 4.72 Å². The van der Waals surface area contributed by atoms with E-state index in [1.54, 1.807) is 48.5 Å². The summed E-state index contributed by atoms with van der Waals surface area (Å²) < 4.78 is 54.5. The topological polar surface area (TPSA) is 83.6 Å². The van der Waals surface area contributed by atoms with E-state index in [0.717, 1.165) is 24.8 Å². The molecule has 1 aliphatic heterocycles. The normalized spacial score (nSPS) is 14.6. The van der Waals surface area contributed by atoms with Crippen molar-refractivity contribution in [1.82, 2.24) is 0 Å². The minimum atomic E-state index is -3.69. The number of rotatable bonds is 7. The second kappa shape index (κ2) is 7.90. The molecular formula is C19H24N2O4S2. The van der Waals surface area contributed by atoms with Crippen molar-refractivity contribution in [3.63, 3.8) is 0 Å². The molecule has 0 aliphatic carbocycles. The van der Waals surface area contributed by atoms with E-state index in [1.165, 1.54) is 4.31 Å². The monoisotopic (exact) mass is 408 g/mol. The molecule has 0 saturated carbocycles. The molecule has 0 aromatic heterocycles. The molecule has 0 atom stereocenters. The Labute approximate surface area is 161 Å². The Morgan fingerprint density at radius 1 is 1.04 bits per heavy atom. The van der Waals surface area contributed by atoms with E-state index in [1.807, 2.05) is 6.92 Å². The van der Waals surface area contributed by atoms with Crippen LogP contribution in [0.3, 0.4) is 0 Å². The first-order chi connectivity index (χ1) is 12.8. The van der Waals surface area contributed by atoms with Crippen molar-refractivity contribution in [2.24, 2.45) is 0 Å². The number of sulfonamides is 2. The first-order valence-electron chi connectivity index (χ1n) is 9.05. The number of nitrogens with one attached hydrogen (secondary N) is 1. The summed E-state index contributed by atoms with van der Waals surface area (Å²) in [5, 5.41) is 0. The third-order valence-corrected chi connectivity index (χ3v) is 7.73. The minimum Gasteiger partial charge on any atom is -0.283 e. The van der Waals surface area contributed by atoms with Gasteiger partial charge in [-0.15, -0.1) is 0 Å². The lowest BCUT2D eigenvalue weighted by atomic mass is 10.0. The predicted octanol–water partition coefficient (Wildman–Crippen LogP) is 3.37. The van der Waals surface area contributed by atoms with Crippen molar-refractivity contribution in [1.29, 1.82) is 0 Å². The van der Waals surface area contributed by atoms with E-state index < -0.39 is 20.0 Å². The van der Waals surface area contributed by atoms with Gasteiger partial charge in [0.1, 0.15) is 0 Å². The summed E-state index contributed by atoms with van der Waals surface area (Å²) >= 11 is 0. The molecule has 1 N–H and O–H groups in total. The first kappa shape index (κ1) is 19.7. The van der Waals surface area contributed by atoms with Gasteiger partial charge in [-0.2, -0.15) is 0 Å². The number of nitrogens with zero attached hydrogens (tertiary/aromatic N) is 1. The summed E-state index contributed by atoms with van der Waals surface area (Å²) in [5.74, 6) is 0.0482. The zero-order chi connectivity index (χ0) is 19.5. The van der Waals surface area contributed by atoms with E-state index in [9.17, 15) is 16.8 Å². The van der Waals surface area contributed by atoms with Crippen LogP contribution in [-0.2, 0) is 26.5 Å². The first-order valence-corrected chi connectivity index (χ1v) is 12.1. The Bertz CT molecular complexity index is 1000. The molecule has 27 heavy (non-hydrogen) atoms. The highest BCUT2D eigenvalue weighted by Crippen LogP contribution is 2.34. The van der Waals surface area contributed by atoms with Crippen LogP contribution in [0.2, 0.25) is 0 Å². The van der Waals surface area contributed by atoms with Crippen molar-refractivity contribution < 1.29 is 16.8 Å². The fraction of sp³-hybridized carbons (Fsp3) is 0.368. The number of hydrogen-bond acceptors (Lipinski definition) is 4. The number of fused-ring (bicyclic) bond motifs is 1. The van der Waals surface area contributed by atoms with Gasteiger partial charge in [0.05, 0.1) is 22.0 Å². The zero-order valence-electron chi connectivity index (χ0n) is 15.3. The highest BCUT2D eigenvalue weighted by Gasteiger charge is 2.29. The molecule has 6 nitrogen and oxygen atoms in total. The van der Waals surface area contributed by atoms with Gasteiger partial charge in [-0.1, -0.05) is 37.6 Å². The molecule has 2 aromatic rings.